The fraction of sp³-hybridized carbons (Fsp3) is 0.746. The van der Waals surface area contributed by atoms with Crippen molar-refractivity contribution in [2.24, 2.45) is 0 Å². The summed E-state index contributed by atoms with van der Waals surface area (Å²) in [6, 6.07) is 0. The van der Waals surface area contributed by atoms with Crippen LogP contribution in [0.25, 0.3) is 0 Å². The van der Waals surface area contributed by atoms with Crippen molar-refractivity contribution >= 4 is 11.9 Å². The predicted molar refractivity (Wildman–Crippen MR) is 297 cm³/mol. The van der Waals surface area contributed by atoms with Gasteiger partial charge in [-0.05, 0) is 96.3 Å². The predicted octanol–water partition coefficient (Wildman–Crippen LogP) is 20.0. The molecule has 0 N–H and O–H groups in total. The first-order chi connectivity index (χ1) is 33.6. The molecule has 392 valence electrons. The van der Waals surface area contributed by atoms with Crippen molar-refractivity contribution in [3.05, 3.63) is 85.1 Å². The second kappa shape index (κ2) is 58.4. The molecule has 68 heavy (non-hydrogen) atoms. The second-order valence-electron chi connectivity index (χ2n) is 19.2. The van der Waals surface area contributed by atoms with E-state index in [0.717, 1.165) is 83.5 Å². The van der Waals surface area contributed by atoms with Crippen molar-refractivity contribution < 1.29 is 23.8 Å². The van der Waals surface area contributed by atoms with Gasteiger partial charge >= 0.3 is 11.9 Å². The Morgan fingerprint density at radius 3 is 1.06 bits per heavy atom. The van der Waals surface area contributed by atoms with E-state index in [-0.39, 0.29) is 25.2 Å². The lowest BCUT2D eigenvalue weighted by Gasteiger charge is -2.18. The van der Waals surface area contributed by atoms with Gasteiger partial charge < -0.3 is 14.2 Å². The Morgan fingerprint density at radius 2 is 0.632 bits per heavy atom. The smallest absolute Gasteiger partial charge is 0.306 e. The molecule has 0 fully saturated rings. The number of esters is 2. The Morgan fingerprint density at radius 1 is 0.324 bits per heavy atom. The summed E-state index contributed by atoms with van der Waals surface area (Å²) >= 11 is 0. The molecule has 0 aromatic carbocycles. The summed E-state index contributed by atoms with van der Waals surface area (Å²) in [6.45, 7) is 7.74. The molecule has 0 aromatic heterocycles. The highest BCUT2D eigenvalue weighted by Gasteiger charge is 2.17. The standard InChI is InChI=1S/C63H110O5/c1-4-7-10-13-16-19-22-25-28-31-32-34-35-38-41-44-47-50-53-56-62(64)67-60-61(59-66-58-55-52-49-46-43-40-37-30-27-24-21-18-15-12-9-6-3)68-63(65)57-54-51-48-45-42-39-36-33-29-26-23-20-17-14-11-8-5-2/h16,19,25-26,28-29,32,34,36,38-39,41,45,48,61H,4-15,17-18,20-24,27,30-31,33,35,37,40,42-44,46-47,49-60H2,1-3H3/b19-16-,28-25-,29-26-,34-32-,39-36-,41-38-,48-45-/t61-/m1/s1. The van der Waals surface area contributed by atoms with Crippen molar-refractivity contribution in [2.45, 2.75) is 284 Å². The number of carbonyl (C=O) groups excluding carboxylic acids is 2. The maximum Gasteiger partial charge on any atom is 0.306 e. The first-order valence-corrected chi connectivity index (χ1v) is 29.1. The molecule has 0 radical (unpaired) electrons. The van der Waals surface area contributed by atoms with E-state index < -0.39 is 6.10 Å². The zero-order valence-electron chi connectivity index (χ0n) is 45.1. The lowest BCUT2D eigenvalue weighted by atomic mass is 10.0. The highest BCUT2D eigenvalue weighted by atomic mass is 16.6. The van der Waals surface area contributed by atoms with E-state index in [9.17, 15) is 9.59 Å². The molecule has 0 bridgehead atoms. The van der Waals surface area contributed by atoms with E-state index in [1.807, 2.05) is 0 Å². The minimum Gasteiger partial charge on any atom is -0.462 e. The van der Waals surface area contributed by atoms with Gasteiger partial charge in [-0.1, -0.05) is 254 Å². The van der Waals surface area contributed by atoms with Crippen molar-refractivity contribution in [3.63, 3.8) is 0 Å². The molecule has 0 aliphatic heterocycles. The fourth-order valence-electron chi connectivity index (χ4n) is 8.04. The van der Waals surface area contributed by atoms with Crippen LogP contribution in [0.3, 0.4) is 0 Å². The first kappa shape index (κ1) is 65.1. The number of rotatable bonds is 53. The van der Waals surface area contributed by atoms with Crippen LogP contribution in [0.5, 0.6) is 0 Å². The minimum atomic E-state index is -0.578. The van der Waals surface area contributed by atoms with Crippen LogP contribution in [-0.4, -0.2) is 37.9 Å². The van der Waals surface area contributed by atoms with Gasteiger partial charge in [0.1, 0.15) is 6.61 Å². The molecule has 0 saturated carbocycles. The number of hydrogen-bond donors (Lipinski definition) is 0. The lowest BCUT2D eigenvalue weighted by molar-refractivity contribution is -0.162. The Hall–Kier alpha value is -2.92. The summed E-state index contributed by atoms with van der Waals surface area (Å²) in [5, 5.41) is 0. The van der Waals surface area contributed by atoms with E-state index in [1.54, 1.807) is 0 Å². The van der Waals surface area contributed by atoms with Crippen molar-refractivity contribution in [1.82, 2.24) is 0 Å². The topological polar surface area (TPSA) is 61.8 Å². The molecule has 5 nitrogen and oxygen atoms in total. The van der Waals surface area contributed by atoms with E-state index in [1.165, 1.54) is 161 Å². The molecule has 0 saturated heterocycles. The molecular formula is C63H110O5. The van der Waals surface area contributed by atoms with Crippen LogP contribution in [0.1, 0.15) is 278 Å². The Labute approximate surface area is 422 Å². The number of allylic oxidation sites excluding steroid dienone is 14. The molecule has 0 aromatic rings. The molecule has 0 spiro atoms. The van der Waals surface area contributed by atoms with E-state index in [4.69, 9.17) is 14.2 Å². The number of hydrogen-bond acceptors (Lipinski definition) is 5. The van der Waals surface area contributed by atoms with Gasteiger partial charge in [0.05, 0.1) is 6.61 Å². The van der Waals surface area contributed by atoms with E-state index >= 15 is 0 Å². The average molecular weight is 948 g/mol. The van der Waals surface area contributed by atoms with Gasteiger partial charge in [-0.2, -0.15) is 0 Å². The lowest BCUT2D eigenvalue weighted by Crippen LogP contribution is -2.30. The third-order valence-electron chi connectivity index (χ3n) is 12.4. The fourth-order valence-corrected chi connectivity index (χ4v) is 8.04. The molecule has 0 aliphatic rings. The van der Waals surface area contributed by atoms with Crippen LogP contribution in [0.4, 0.5) is 0 Å². The van der Waals surface area contributed by atoms with Crippen molar-refractivity contribution in [3.8, 4) is 0 Å². The van der Waals surface area contributed by atoms with Gasteiger partial charge in [0, 0.05) is 19.4 Å². The first-order valence-electron chi connectivity index (χ1n) is 29.1. The molecule has 0 amide bonds. The van der Waals surface area contributed by atoms with E-state index in [2.05, 4.69) is 106 Å². The van der Waals surface area contributed by atoms with Gasteiger partial charge in [0.25, 0.3) is 0 Å². The van der Waals surface area contributed by atoms with Gasteiger partial charge in [0.2, 0.25) is 0 Å². The number of unbranched alkanes of at least 4 members (excludes halogenated alkanes) is 28. The highest BCUT2D eigenvalue weighted by Crippen LogP contribution is 2.15. The van der Waals surface area contributed by atoms with Crippen LogP contribution in [0.15, 0.2) is 85.1 Å². The van der Waals surface area contributed by atoms with Crippen molar-refractivity contribution in [2.75, 3.05) is 19.8 Å². The summed E-state index contributed by atoms with van der Waals surface area (Å²) in [6.07, 6.45) is 77.5. The van der Waals surface area contributed by atoms with Gasteiger partial charge in [-0.15, -0.1) is 0 Å². The zero-order valence-corrected chi connectivity index (χ0v) is 45.1. The summed E-state index contributed by atoms with van der Waals surface area (Å²) in [7, 11) is 0. The normalized spacial score (nSPS) is 12.8. The third kappa shape index (κ3) is 55.7. The van der Waals surface area contributed by atoms with Gasteiger partial charge in [-0.3, -0.25) is 9.59 Å². The Balaban J connectivity index is 4.40. The van der Waals surface area contributed by atoms with Crippen LogP contribution in [0.2, 0.25) is 0 Å². The SMILES string of the molecule is CCCCC/C=C\C/C=C\C/C=C\C/C=C\CCCCCC(=O)OC[C@@H](COCCCCCCCCCCCCCCCCCC)OC(=O)CCC/C=C\C/C=C\C/C=C\CCCCCCCC. The maximum absolute atomic E-state index is 12.8. The molecular weight excluding hydrogens is 837 g/mol. The maximum atomic E-state index is 12.8. The van der Waals surface area contributed by atoms with Crippen LogP contribution >= 0.6 is 0 Å². The second-order valence-corrected chi connectivity index (χ2v) is 19.2. The monoisotopic (exact) mass is 947 g/mol. The van der Waals surface area contributed by atoms with Gasteiger partial charge in [0.15, 0.2) is 6.10 Å². The summed E-state index contributed by atoms with van der Waals surface area (Å²) in [4.78, 5) is 25.5. The molecule has 1 atom stereocenters. The molecule has 5 heteroatoms. The largest absolute Gasteiger partial charge is 0.462 e. The van der Waals surface area contributed by atoms with Crippen molar-refractivity contribution in [1.29, 1.82) is 0 Å². The molecule has 0 aliphatic carbocycles. The molecule has 0 heterocycles. The quantitative estimate of drug-likeness (QED) is 0.0345. The van der Waals surface area contributed by atoms with Crippen LogP contribution < -0.4 is 0 Å². The molecule has 0 rings (SSSR count). The average Bonchev–Trinajstić information content (AvgIpc) is 3.34. The summed E-state index contributed by atoms with van der Waals surface area (Å²) in [5.74, 6) is -0.486. The Kier molecular flexibility index (Phi) is 55.9. The zero-order chi connectivity index (χ0) is 49.2. The summed E-state index contributed by atoms with van der Waals surface area (Å²) < 4.78 is 17.4. The van der Waals surface area contributed by atoms with Crippen LogP contribution in [0, 0.1) is 0 Å². The Bertz CT molecular complexity index is 1250. The van der Waals surface area contributed by atoms with Gasteiger partial charge in [-0.25, -0.2) is 0 Å². The highest BCUT2D eigenvalue weighted by molar-refractivity contribution is 5.70. The summed E-state index contributed by atoms with van der Waals surface area (Å²) in [5.41, 5.74) is 0. The molecule has 0 unspecified atom stereocenters. The van der Waals surface area contributed by atoms with Crippen LogP contribution in [-0.2, 0) is 23.8 Å². The minimum absolute atomic E-state index is 0.0478. The number of carbonyl (C=O) groups is 2. The van der Waals surface area contributed by atoms with E-state index in [0.29, 0.717) is 19.4 Å². The number of ether oxygens (including phenoxy) is 3. The third-order valence-corrected chi connectivity index (χ3v) is 12.4.